The van der Waals surface area contributed by atoms with Crippen LogP contribution in [0, 0.1) is 6.92 Å². The maximum Gasteiger partial charge on any atom is 0.258 e. The Hall–Kier alpha value is -2.33. The van der Waals surface area contributed by atoms with E-state index in [0.29, 0.717) is 19.1 Å². The van der Waals surface area contributed by atoms with Crippen LogP contribution in [0.25, 0.3) is 0 Å². The van der Waals surface area contributed by atoms with Crippen molar-refractivity contribution in [3.8, 4) is 5.75 Å². The van der Waals surface area contributed by atoms with Crippen LogP contribution < -0.4 is 9.64 Å². The van der Waals surface area contributed by atoms with Gasteiger partial charge in [-0.25, -0.2) is 0 Å². The zero-order valence-corrected chi connectivity index (χ0v) is 20.4. The number of nitrogens with zero attached hydrogens (tertiary/aromatic N) is 2. The molecular weight excluding hydrogens is 396 g/mol. The second-order valence-corrected chi connectivity index (χ2v) is 8.83. The molecule has 174 valence electrons. The van der Waals surface area contributed by atoms with Crippen molar-refractivity contribution in [2.75, 3.05) is 37.7 Å². The van der Waals surface area contributed by atoms with E-state index in [9.17, 15) is 4.79 Å². The molecule has 32 heavy (non-hydrogen) atoms. The topological polar surface area (TPSA) is 32.8 Å². The van der Waals surface area contributed by atoms with E-state index >= 15 is 0 Å². The molecule has 0 unspecified atom stereocenters. The monoisotopic (exact) mass is 436 g/mol. The minimum Gasteiger partial charge on any atom is -0.492 e. The normalized spacial score (nSPS) is 14.5. The number of ether oxygens (including phenoxy) is 1. The van der Waals surface area contributed by atoms with Crippen LogP contribution >= 0.6 is 0 Å². The average Bonchev–Trinajstić information content (AvgIpc) is 2.84. The molecular formula is C28H40N2O2. The molecule has 0 aromatic heterocycles. The molecule has 0 N–H and O–H groups in total. The highest BCUT2D eigenvalue weighted by Gasteiger charge is 2.19. The first-order chi connectivity index (χ1) is 15.6. The van der Waals surface area contributed by atoms with Crippen LogP contribution in [0.1, 0.15) is 80.3 Å². The minimum absolute atomic E-state index is 0.0531. The van der Waals surface area contributed by atoms with Gasteiger partial charge in [0.15, 0.2) is 0 Å². The Morgan fingerprint density at radius 1 is 0.938 bits per heavy atom. The van der Waals surface area contributed by atoms with Gasteiger partial charge in [-0.15, -0.1) is 0 Å². The Balaban J connectivity index is 1.66. The van der Waals surface area contributed by atoms with Crippen LogP contribution in [0.4, 0.5) is 5.69 Å². The van der Waals surface area contributed by atoms with E-state index in [1.165, 1.54) is 37.7 Å². The number of hydrogen-bond acceptors (Lipinski definition) is 3. The molecule has 2 aromatic rings. The number of benzene rings is 2. The summed E-state index contributed by atoms with van der Waals surface area (Å²) in [4.78, 5) is 17.5. The molecule has 0 bridgehead atoms. The second-order valence-electron chi connectivity index (χ2n) is 8.83. The van der Waals surface area contributed by atoms with Gasteiger partial charge in [0.1, 0.15) is 12.4 Å². The largest absolute Gasteiger partial charge is 0.492 e. The summed E-state index contributed by atoms with van der Waals surface area (Å²) in [5.74, 6) is 1.60. The Morgan fingerprint density at radius 2 is 1.62 bits per heavy atom. The Morgan fingerprint density at radius 3 is 2.22 bits per heavy atom. The van der Waals surface area contributed by atoms with E-state index < -0.39 is 0 Å². The Kier molecular flexibility index (Phi) is 9.16. The third-order valence-electron chi connectivity index (χ3n) is 6.83. The molecule has 0 aliphatic heterocycles. The highest BCUT2D eigenvalue weighted by molar-refractivity contribution is 6.06. The molecule has 0 radical (unpaired) electrons. The number of anilines is 1. The fraction of sp³-hybridized carbons (Fsp3) is 0.536. The number of carbonyl (C=O) groups is 1. The molecule has 1 amide bonds. The summed E-state index contributed by atoms with van der Waals surface area (Å²) >= 11 is 0. The van der Waals surface area contributed by atoms with E-state index in [0.717, 1.165) is 42.2 Å². The molecule has 2 aromatic carbocycles. The van der Waals surface area contributed by atoms with Crippen LogP contribution in [0.3, 0.4) is 0 Å². The highest BCUT2D eigenvalue weighted by atomic mass is 16.5. The van der Waals surface area contributed by atoms with Gasteiger partial charge in [-0.05, 0) is 87.2 Å². The fourth-order valence-electron chi connectivity index (χ4n) is 4.72. The van der Waals surface area contributed by atoms with Crippen molar-refractivity contribution in [2.45, 2.75) is 65.7 Å². The third kappa shape index (κ3) is 6.13. The van der Waals surface area contributed by atoms with Crippen LogP contribution in [-0.4, -0.2) is 43.6 Å². The quantitative estimate of drug-likeness (QED) is 0.430. The number of carbonyl (C=O) groups excluding carboxylic acids is 1. The Labute approximate surface area is 194 Å². The first-order valence-electron chi connectivity index (χ1n) is 12.4. The van der Waals surface area contributed by atoms with Crippen molar-refractivity contribution in [1.29, 1.82) is 0 Å². The van der Waals surface area contributed by atoms with Gasteiger partial charge in [-0.3, -0.25) is 4.79 Å². The van der Waals surface area contributed by atoms with Gasteiger partial charge >= 0.3 is 0 Å². The maximum atomic E-state index is 13.3. The SMILES string of the molecule is CCN(CC)CCOc1ccc(N(CC)C(=O)c2ccc(C3CCCCC3)cc2)cc1C. The van der Waals surface area contributed by atoms with Gasteiger partial charge in [0.25, 0.3) is 5.91 Å². The van der Waals surface area contributed by atoms with Gasteiger partial charge in [0.2, 0.25) is 0 Å². The van der Waals surface area contributed by atoms with Crippen molar-refractivity contribution in [2.24, 2.45) is 0 Å². The average molecular weight is 437 g/mol. The molecule has 0 atom stereocenters. The first kappa shape index (κ1) is 24.3. The molecule has 0 heterocycles. The first-order valence-corrected chi connectivity index (χ1v) is 12.4. The number of likely N-dealkylation sites (N-methyl/N-ethyl adjacent to an activating group) is 1. The molecule has 1 aliphatic carbocycles. The van der Waals surface area contributed by atoms with Crippen molar-refractivity contribution in [3.05, 3.63) is 59.2 Å². The van der Waals surface area contributed by atoms with Gasteiger partial charge < -0.3 is 14.5 Å². The number of rotatable bonds is 10. The molecule has 3 rings (SSSR count). The molecule has 0 saturated heterocycles. The summed E-state index contributed by atoms with van der Waals surface area (Å²) in [5, 5.41) is 0. The molecule has 1 fully saturated rings. The van der Waals surface area contributed by atoms with Crippen molar-refractivity contribution in [1.82, 2.24) is 4.90 Å². The third-order valence-corrected chi connectivity index (χ3v) is 6.83. The molecule has 0 spiro atoms. The predicted octanol–water partition coefficient (Wildman–Crippen LogP) is 6.43. The van der Waals surface area contributed by atoms with Crippen LogP contribution in [0.5, 0.6) is 5.75 Å². The Bertz CT molecular complexity index is 852. The number of hydrogen-bond donors (Lipinski definition) is 0. The lowest BCUT2D eigenvalue weighted by Gasteiger charge is -2.24. The fourth-order valence-corrected chi connectivity index (χ4v) is 4.72. The molecule has 4 heteroatoms. The lowest BCUT2D eigenvalue weighted by atomic mass is 9.84. The summed E-state index contributed by atoms with van der Waals surface area (Å²) in [6.45, 7) is 12.7. The number of aryl methyl sites for hydroxylation is 1. The summed E-state index contributed by atoms with van der Waals surface area (Å²) in [7, 11) is 0. The standard InChI is InChI=1S/C28H40N2O2/c1-5-29(6-2)19-20-32-27-18-17-26(21-22(27)4)30(7-3)28(31)25-15-13-24(14-16-25)23-11-9-8-10-12-23/h13-18,21,23H,5-12,19-20H2,1-4H3. The van der Waals surface area contributed by atoms with Gasteiger partial charge in [-0.1, -0.05) is 45.2 Å². The summed E-state index contributed by atoms with van der Waals surface area (Å²) in [5.41, 5.74) is 4.11. The van der Waals surface area contributed by atoms with Crippen LogP contribution in [-0.2, 0) is 0 Å². The van der Waals surface area contributed by atoms with E-state index in [2.05, 4.69) is 36.9 Å². The summed E-state index contributed by atoms with van der Waals surface area (Å²) in [6, 6.07) is 14.4. The number of amides is 1. The molecule has 1 aliphatic rings. The predicted molar refractivity (Wildman–Crippen MR) is 134 cm³/mol. The van der Waals surface area contributed by atoms with E-state index in [1.807, 2.05) is 43.0 Å². The zero-order valence-electron chi connectivity index (χ0n) is 20.4. The van der Waals surface area contributed by atoms with Crippen LogP contribution in [0.15, 0.2) is 42.5 Å². The van der Waals surface area contributed by atoms with Crippen molar-refractivity contribution >= 4 is 11.6 Å². The van der Waals surface area contributed by atoms with Gasteiger partial charge in [0.05, 0.1) is 0 Å². The zero-order chi connectivity index (χ0) is 22.9. The second kappa shape index (κ2) is 12.1. The minimum atomic E-state index is 0.0531. The molecule has 4 nitrogen and oxygen atoms in total. The lowest BCUT2D eigenvalue weighted by Crippen LogP contribution is -2.30. The summed E-state index contributed by atoms with van der Waals surface area (Å²) in [6.07, 6.45) is 6.55. The van der Waals surface area contributed by atoms with E-state index in [4.69, 9.17) is 4.74 Å². The van der Waals surface area contributed by atoms with E-state index in [1.54, 1.807) is 0 Å². The van der Waals surface area contributed by atoms with E-state index in [-0.39, 0.29) is 5.91 Å². The highest BCUT2D eigenvalue weighted by Crippen LogP contribution is 2.33. The maximum absolute atomic E-state index is 13.3. The van der Waals surface area contributed by atoms with Gasteiger partial charge in [0, 0.05) is 24.3 Å². The van der Waals surface area contributed by atoms with Crippen molar-refractivity contribution < 1.29 is 9.53 Å². The smallest absolute Gasteiger partial charge is 0.258 e. The molecule has 1 saturated carbocycles. The van der Waals surface area contributed by atoms with Gasteiger partial charge in [-0.2, -0.15) is 0 Å². The lowest BCUT2D eigenvalue weighted by molar-refractivity contribution is 0.0988. The van der Waals surface area contributed by atoms with Crippen molar-refractivity contribution in [3.63, 3.8) is 0 Å². The summed E-state index contributed by atoms with van der Waals surface area (Å²) < 4.78 is 6.01. The van der Waals surface area contributed by atoms with Crippen LogP contribution in [0.2, 0.25) is 0 Å².